The van der Waals surface area contributed by atoms with Gasteiger partial charge in [0, 0.05) is 13.2 Å². The Labute approximate surface area is 105 Å². The summed E-state index contributed by atoms with van der Waals surface area (Å²) in [5.41, 5.74) is 1.41. The van der Waals surface area contributed by atoms with Gasteiger partial charge >= 0.3 is 0 Å². The topological polar surface area (TPSA) is 32.7 Å². The van der Waals surface area contributed by atoms with Crippen molar-refractivity contribution >= 4 is 0 Å². The fourth-order valence-electron chi connectivity index (χ4n) is 2.13. The zero-order valence-electron chi connectivity index (χ0n) is 11.7. The summed E-state index contributed by atoms with van der Waals surface area (Å²) in [6.45, 7) is 10.2. The van der Waals surface area contributed by atoms with E-state index < -0.39 is 5.60 Å². The van der Waals surface area contributed by atoms with Gasteiger partial charge in [0.05, 0.1) is 0 Å². The Morgan fingerprint density at radius 2 is 2.00 bits per heavy atom. The third-order valence-electron chi connectivity index (χ3n) is 3.39. The Balaban J connectivity index is 2.93. The molecule has 0 saturated heterocycles. The van der Waals surface area contributed by atoms with Crippen LogP contribution in [0.4, 0.5) is 0 Å². The van der Waals surface area contributed by atoms with Crippen LogP contribution in [0.15, 0.2) is 23.3 Å². The minimum absolute atomic E-state index is 0.245. The summed E-state index contributed by atoms with van der Waals surface area (Å²) in [4.78, 5) is 2.10. The van der Waals surface area contributed by atoms with E-state index in [4.69, 9.17) is 4.74 Å². The van der Waals surface area contributed by atoms with E-state index in [2.05, 4.69) is 18.7 Å². The highest BCUT2D eigenvalue weighted by atomic mass is 16.5. The fraction of sp³-hybridized carbons (Fsp3) is 0.714. The van der Waals surface area contributed by atoms with Crippen molar-refractivity contribution in [1.82, 2.24) is 4.90 Å². The molecule has 0 radical (unpaired) electrons. The molecule has 1 N–H and O–H groups in total. The normalized spacial score (nSPS) is 29.2. The average molecular weight is 239 g/mol. The SMILES string of the molecule is CCOC1C=C(C)C(C)=CC1(O)CN(C)CC. The number of aliphatic hydroxyl groups is 1. The van der Waals surface area contributed by atoms with Crippen LogP contribution in [0.2, 0.25) is 0 Å². The molecule has 0 saturated carbocycles. The van der Waals surface area contributed by atoms with Gasteiger partial charge in [0.15, 0.2) is 0 Å². The molecule has 0 amide bonds. The predicted octanol–water partition coefficient (Wildman–Crippen LogP) is 1.98. The number of rotatable bonds is 5. The van der Waals surface area contributed by atoms with Crippen LogP contribution < -0.4 is 0 Å². The minimum Gasteiger partial charge on any atom is -0.381 e. The van der Waals surface area contributed by atoms with Gasteiger partial charge < -0.3 is 14.7 Å². The van der Waals surface area contributed by atoms with Crippen LogP contribution in [0.25, 0.3) is 0 Å². The van der Waals surface area contributed by atoms with Crippen molar-refractivity contribution in [2.75, 3.05) is 26.7 Å². The first-order chi connectivity index (χ1) is 7.92. The molecule has 0 bridgehead atoms. The number of likely N-dealkylation sites (N-methyl/N-ethyl adjacent to an activating group) is 1. The first kappa shape index (κ1) is 14.4. The number of ether oxygens (including phenoxy) is 1. The summed E-state index contributed by atoms with van der Waals surface area (Å²) in [6, 6.07) is 0. The number of hydrogen-bond donors (Lipinski definition) is 1. The van der Waals surface area contributed by atoms with E-state index in [-0.39, 0.29) is 6.10 Å². The van der Waals surface area contributed by atoms with Gasteiger partial charge in [-0.2, -0.15) is 0 Å². The Kier molecular flexibility index (Phi) is 4.92. The molecule has 0 heterocycles. The second kappa shape index (κ2) is 5.80. The van der Waals surface area contributed by atoms with Gasteiger partial charge in [-0.3, -0.25) is 0 Å². The fourth-order valence-corrected chi connectivity index (χ4v) is 2.13. The summed E-state index contributed by atoms with van der Waals surface area (Å²) >= 11 is 0. The average Bonchev–Trinajstić information content (AvgIpc) is 2.26. The van der Waals surface area contributed by atoms with E-state index in [9.17, 15) is 5.11 Å². The first-order valence-electron chi connectivity index (χ1n) is 6.33. The molecule has 1 aliphatic rings. The van der Waals surface area contributed by atoms with E-state index in [1.165, 1.54) is 5.57 Å². The summed E-state index contributed by atoms with van der Waals surface area (Å²) < 4.78 is 5.66. The van der Waals surface area contributed by atoms with Crippen molar-refractivity contribution < 1.29 is 9.84 Å². The van der Waals surface area contributed by atoms with Gasteiger partial charge in [-0.15, -0.1) is 0 Å². The van der Waals surface area contributed by atoms with Crippen molar-refractivity contribution in [2.24, 2.45) is 0 Å². The zero-order chi connectivity index (χ0) is 13.1. The van der Waals surface area contributed by atoms with Crippen LogP contribution in [-0.4, -0.2) is 48.5 Å². The molecule has 0 spiro atoms. The third-order valence-corrected chi connectivity index (χ3v) is 3.39. The Bertz CT molecular complexity index is 322. The highest BCUT2D eigenvalue weighted by molar-refractivity contribution is 5.37. The summed E-state index contributed by atoms with van der Waals surface area (Å²) in [5.74, 6) is 0. The van der Waals surface area contributed by atoms with Crippen LogP contribution in [0, 0.1) is 0 Å². The van der Waals surface area contributed by atoms with Crippen molar-refractivity contribution in [3.05, 3.63) is 23.3 Å². The largest absolute Gasteiger partial charge is 0.381 e. The van der Waals surface area contributed by atoms with E-state index >= 15 is 0 Å². The zero-order valence-corrected chi connectivity index (χ0v) is 11.7. The molecule has 17 heavy (non-hydrogen) atoms. The van der Waals surface area contributed by atoms with E-state index in [0.717, 1.165) is 12.1 Å². The number of allylic oxidation sites excluding steroid dienone is 2. The molecule has 2 atom stereocenters. The Hall–Kier alpha value is -0.640. The van der Waals surface area contributed by atoms with Crippen molar-refractivity contribution in [1.29, 1.82) is 0 Å². The molecule has 3 heteroatoms. The Morgan fingerprint density at radius 3 is 2.53 bits per heavy atom. The molecular formula is C14H25NO2. The van der Waals surface area contributed by atoms with E-state index in [1.807, 2.05) is 33.0 Å². The first-order valence-corrected chi connectivity index (χ1v) is 6.33. The third kappa shape index (κ3) is 3.41. The van der Waals surface area contributed by atoms with Crippen molar-refractivity contribution in [3.8, 4) is 0 Å². The van der Waals surface area contributed by atoms with Crippen LogP contribution in [0.3, 0.4) is 0 Å². The molecular weight excluding hydrogens is 214 g/mol. The lowest BCUT2D eigenvalue weighted by Crippen LogP contribution is -2.51. The van der Waals surface area contributed by atoms with Gasteiger partial charge in [-0.05, 0) is 57.7 Å². The van der Waals surface area contributed by atoms with Gasteiger partial charge in [0.25, 0.3) is 0 Å². The summed E-state index contributed by atoms with van der Waals surface area (Å²) in [7, 11) is 2.01. The molecule has 1 rings (SSSR count). The van der Waals surface area contributed by atoms with Crippen molar-refractivity contribution in [3.63, 3.8) is 0 Å². The highest BCUT2D eigenvalue weighted by Crippen LogP contribution is 2.29. The van der Waals surface area contributed by atoms with Gasteiger partial charge in [0.1, 0.15) is 11.7 Å². The standard InChI is InChI=1S/C14H25NO2/c1-6-15(5)10-14(16)9-12(4)11(3)8-13(14)17-7-2/h8-9,13,16H,6-7,10H2,1-5H3. The Morgan fingerprint density at radius 1 is 1.35 bits per heavy atom. The molecule has 2 unspecified atom stereocenters. The van der Waals surface area contributed by atoms with Crippen molar-refractivity contribution in [2.45, 2.75) is 39.4 Å². The lowest BCUT2D eigenvalue weighted by Gasteiger charge is -2.38. The maximum Gasteiger partial charge on any atom is 0.126 e. The van der Waals surface area contributed by atoms with Gasteiger partial charge in [-0.1, -0.05) is 6.92 Å². The van der Waals surface area contributed by atoms with Gasteiger partial charge in [0.2, 0.25) is 0 Å². The maximum absolute atomic E-state index is 10.8. The van der Waals surface area contributed by atoms with Gasteiger partial charge in [-0.25, -0.2) is 0 Å². The second-order valence-electron chi connectivity index (χ2n) is 4.87. The van der Waals surface area contributed by atoms with Crippen LogP contribution in [0.1, 0.15) is 27.7 Å². The maximum atomic E-state index is 10.8. The smallest absolute Gasteiger partial charge is 0.126 e. The van der Waals surface area contributed by atoms with E-state index in [1.54, 1.807) is 0 Å². The highest BCUT2D eigenvalue weighted by Gasteiger charge is 2.37. The van der Waals surface area contributed by atoms with E-state index in [0.29, 0.717) is 13.2 Å². The predicted molar refractivity (Wildman–Crippen MR) is 71.0 cm³/mol. The molecule has 0 aromatic heterocycles. The molecule has 1 aliphatic carbocycles. The molecule has 98 valence electrons. The number of hydrogen-bond acceptors (Lipinski definition) is 3. The molecule has 0 aliphatic heterocycles. The number of nitrogens with zero attached hydrogens (tertiary/aromatic N) is 1. The van der Waals surface area contributed by atoms with Crippen LogP contribution in [-0.2, 0) is 4.74 Å². The monoisotopic (exact) mass is 239 g/mol. The second-order valence-corrected chi connectivity index (χ2v) is 4.87. The lowest BCUT2D eigenvalue weighted by atomic mass is 9.85. The lowest BCUT2D eigenvalue weighted by molar-refractivity contribution is -0.0674. The molecule has 0 fully saturated rings. The molecule has 0 aromatic carbocycles. The van der Waals surface area contributed by atoms with Crippen LogP contribution in [0.5, 0.6) is 0 Å². The quantitative estimate of drug-likeness (QED) is 0.796. The minimum atomic E-state index is -0.912. The molecule has 0 aromatic rings. The summed E-state index contributed by atoms with van der Waals surface area (Å²) in [5, 5.41) is 10.8. The summed E-state index contributed by atoms with van der Waals surface area (Å²) in [6.07, 6.45) is 3.72. The van der Waals surface area contributed by atoms with Crippen LogP contribution >= 0.6 is 0 Å². The molecule has 3 nitrogen and oxygen atoms in total.